The Morgan fingerprint density at radius 2 is 1.76 bits per heavy atom. The smallest absolute Gasteiger partial charge is 0.312 e. The predicted molar refractivity (Wildman–Crippen MR) is 81.0 cm³/mol. The zero-order valence-electron chi connectivity index (χ0n) is 12.5. The van der Waals surface area contributed by atoms with Crippen LogP contribution in [0.15, 0.2) is 36.4 Å². The predicted octanol–water partition coefficient (Wildman–Crippen LogP) is 3.75. The first-order valence-corrected chi connectivity index (χ1v) is 7.04. The van der Waals surface area contributed by atoms with Crippen molar-refractivity contribution in [3.63, 3.8) is 0 Å². The molecule has 3 heteroatoms. The Labute approximate surface area is 124 Å². The van der Waals surface area contributed by atoms with E-state index in [2.05, 4.69) is 13.0 Å². The molecular weight excluding hydrogens is 264 g/mol. The molecule has 0 N–H and O–H groups in total. The molecule has 1 unspecified atom stereocenters. The summed E-state index contributed by atoms with van der Waals surface area (Å²) in [6, 6.07) is 12.0. The van der Waals surface area contributed by atoms with E-state index in [0.29, 0.717) is 12.2 Å². The van der Waals surface area contributed by atoms with Crippen molar-refractivity contribution in [1.29, 1.82) is 0 Å². The van der Waals surface area contributed by atoms with Gasteiger partial charge in [0.25, 0.3) is 0 Å². The zero-order chi connectivity index (χ0) is 15.0. The maximum Gasteiger partial charge on any atom is 0.312 e. The molecule has 0 radical (unpaired) electrons. The lowest BCUT2D eigenvalue weighted by atomic mass is 9.85. The van der Waals surface area contributed by atoms with Crippen molar-refractivity contribution in [2.45, 2.75) is 26.2 Å². The molecule has 2 aromatic carbocycles. The minimum atomic E-state index is -0.174. The molecule has 1 atom stereocenters. The van der Waals surface area contributed by atoms with Crippen molar-refractivity contribution < 1.29 is 14.3 Å². The summed E-state index contributed by atoms with van der Waals surface area (Å²) in [5.41, 5.74) is 4.54. The Hall–Kier alpha value is -2.29. The van der Waals surface area contributed by atoms with Gasteiger partial charge in [-0.2, -0.15) is 0 Å². The fraction of sp³-hybridized carbons (Fsp3) is 0.278. The van der Waals surface area contributed by atoms with Gasteiger partial charge < -0.3 is 9.47 Å². The molecule has 0 spiro atoms. The van der Waals surface area contributed by atoms with Crippen LogP contribution >= 0.6 is 0 Å². The topological polar surface area (TPSA) is 35.5 Å². The first-order chi connectivity index (χ1) is 10.1. The Morgan fingerprint density at radius 1 is 1.10 bits per heavy atom. The number of hydrogen-bond acceptors (Lipinski definition) is 3. The van der Waals surface area contributed by atoms with Crippen molar-refractivity contribution >= 4 is 5.97 Å². The lowest BCUT2D eigenvalue weighted by Gasteiger charge is -2.26. The minimum absolute atomic E-state index is 0.0476. The van der Waals surface area contributed by atoms with Gasteiger partial charge in [0.05, 0.1) is 13.5 Å². The van der Waals surface area contributed by atoms with Gasteiger partial charge in [0, 0.05) is 11.5 Å². The van der Waals surface area contributed by atoms with Gasteiger partial charge in [-0.1, -0.05) is 18.2 Å². The summed E-state index contributed by atoms with van der Waals surface area (Å²) < 4.78 is 10.6. The van der Waals surface area contributed by atoms with Gasteiger partial charge in [-0.05, 0) is 48.7 Å². The van der Waals surface area contributed by atoms with Gasteiger partial charge in [0.1, 0.15) is 11.5 Å². The molecule has 3 nitrogen and oxygen atoms in total. The van der Waals surface area contributed by atoms with Crippen LogP contribution in [-0.2, 0) is 4.79 Å². The van der Waals surface area contributed by atoms with Crippen LogP contribution in [0.4, 0.5) is 0 Å². The van der Waals surface area contributed by atoms with Crippen molar-refractivity contribution in [2.75, 3.05) is 7.11 Å². The summed E-state index contributed by atoms with van der Waals surface area (Å²) in [5.74, 6) is 1.38. The molecule has 108 valence electrons. The first-order valence-electron chi connectivity index (χ1n) is 7.04. The molecule has 0 bridgehead atoms. The third-order valence-electron chi connectivity index (χ3n) is 4.11. The fourth-order valence-corrected chi connectivity index (χ4v) is 2.75. The largest absolute Gasteiger partial charge is 0.497 e. The third kappa shape index (κ3) is 2.51. The second kappa shape index (κ2) is 5.24. The summed E-state index contributed by atoms with van der Waals surface area (Å²) >= 11 is 0. The van der Waals surface area contributed by atoms with Gasteiger partial charge in [-0.15, -0.1) is 0 Å². The Morgan fingerprint density at radius 3 is 2.43 bits per heavy atom. The van der Waals surface area contributed by atoms with Gasteiger partial charge in [0.2, 0.25) is 0 Å². The molecule has 0 saturated carbocycles. The van der Waals surface area contributed by atoms with Crippen molar-refractivity contribution in [1.82, 2.24) is 0 Å². The summed E-state index contributed by atoms with van der Waals surface area (Å²) in [7, 11) is 1.65. The molecular formula is C18H18O3. The minimum Gasteiger partial charge on any atom is -0.497 e. The van der Waals surface area contributed by atoms with Crippen molar-refractivity contribution in [3.8, 4) is 11.5 Å². The van der Waals surface area contributed by atoms with Gasteiger partial charge in [0.15, 0.2) is 0 Å². The zero-order valence-corrected chi connectivity index (χ0v) is 12.5. The second-order valence-electron chi connectivity index (χ2n) is 5.48. The average molecular weight is 282 g/mol. The summed E-state index contributed by atoms with van der Waals surface area (Å²) in [6.07, 6.45) is 0.377. The second-order valence-corrected chi connectivity index (χ2v) is 5.48. The number of esters is 1. The van der Waals surface area contributed by atoms with Gasteiger partial charge in [-0.3, -0.25) is 4.79 Å². The molecule has 1 aliphatic heterocycles. The highest BCUT2D eigenvalue weighted by Crippen LogP contribution is 2.40. The first kappa shape index (κ1) is 13.7. The summed E-state index contributed by atoms with van der Waals surface area (Å²) in [6.45, 7) is 4.11. The van der Waals surface area contributed by atoms with Crippen LogP contribution in [0.5, 0.6) is 11.5 Å². The number of carbonyl (C=O) groups excluding carboxylic acids is 1. The quantitative estimate of drug-likeness (QED) is 0.621. The van der Waals surface area contributed by atoms with Crippen LogP contribution in [0.3, 0.4) is 0 Å². The lowest BCUT2D eigenvalue weighted by Crippen LogP contribution is -2.21. The van der Waals surface area contributed by atoms with Crippen LogP contribution in [-0.4, -0.2) is 13.1 Å². The van der Waals surface area contributed by atoms with E-state index in [1.54, 1.807) is 7.11 Å². The lowest BCUT2D eigenvalue weighted by molar-refractivity contribution is -0.135. The Bertz CT molecular complexity index is 686. The molecule has 21 heavy (non-hydrogen) atoms. The molecule has 0 amide bonds. The number of aryl methyl sites for hydroxylation is 2. The van der Waals surface area contributed by atoms with Crippen LogP contribution in [0.1, 0.15) is 34.6 Å². The number of hydrogen-bond donors (Lipinski definition) is 0. The molecule has 2 aromatic rings. The Balaban J connectivity index is 2.07. The maximum absolute atomic E-state index is 11.9. The molecule has 0 saturated heterocycles. The average Bonchev–Trinajstić information content (AvgIpc) is 2.48. The number of fused-ring (bicyclic) bond motifs is 1. The number of rotatable bonds is 2. The highest BCUT2D eigenvalue weighted by atomic mass is 16.5. The van der Waals surface area contributed by atoms with E-state index in [9.17, 15) is 4.79 Å². The highest BCUT2D eigenvalue weighted by Gasteiger charge is 2.28. The molecule has 3 rings (SSSR count). The van der Waals surface area contributed by atoms with Gasteiger partial charge >= 0.3 is 5.97 Å². The van der Waals surface area contributed by atoms with E-state index in [4.69, 9.17) is 9.47 Å². The standard InChI is InChI=1S/C18H18O3/c1-11-8-16-15(13-4-6-14(20-3)7-5-13)10-18(19)21-17(16)9-12(11)2/h4-9,15H,10H2,1-3H3. The Kier molecular flexibility index (Phi) is 3.42. The molecule has 1 aliphatic rings. The van der Waals surface area contributed by atoms with Gasteiger partial charge in [-0.25, -0.2) is 0 Å². The maximum atomic E-state index is 11.9. The number of methoxy groups -OCH3 is 1. The molecule has 0 fully saturated rings. The van der Waals surface area contributed by atoms with E-state index in [1.165, 1.54) is 5.56 Å². The number of ether oxygens (including phenoxy) is 2. The van der Waals surface area contributed by atoms with E-state index >= 15 is 0 Å². The SMILES string of the molecule is COc1ccc(C2CC(=O)Oc3cc(C)c(C)cc32)cc1. The third-order valence-corrected chi connectivity index (χ3v) is 4.11. The molecule has 0 aromatic heterocycles. The van der Waals surface area contributed by atoms with Crippen molar-refractivity contribution in [3.05, 3.63) is 58.7 Å². The normalized spacial score (nSPS) is 17.1. The van der Waals surface area contributed by atoms with E-state index < -0.39 is 0 Å². The van der Waals surface area contributed by atoms with Crippen molar-refractivity contribution in [2.24, 2.45) is 0 Å². The van der Waals surface area contributed by atoms with Crippen LogP contribution in [0.25, 0.3) is 0 Å². The number of benzene rings is 2. The summed E-state index contributed by atoms with van der Waals surface area (Å²) in [5, 5.41) is 0. The molecule has 0 aliphatic carbocycles. The fourth-order valence-electron chi connectivity index (χ4n) is 2.75. The van der Waals surface area contributed by atoms with Crippen LogP contribution < -0.4 is 9.47 Å². The number of carbonyl (C=O) groups is 1. The molecule has 1 heterocycles. The monoisotopic (exact) mass is 282 g/mol. The summed E-state index contributed by atoms with van der Waals surface area (Å²) in [4.78, 5) is 11.9. The van der Waals surface area contributed by atoms with E-state index in [1.807, 2.05) is 37.3 Å². The van der Waals surface area contributed by atoms with Crippen LogP contribution in [0.2, 0.25) is 0 Å². The van der Waals surface area contributed by atoms with Crippen LogP contribution in [0, 0.1) is 13.8 Å². The van der Waals surface area contributed by atoms with E-state index in [-0.39, 0.29) is 11.9 Å². The highest BCUT2D eigenvalue weighted by molar-refractivity contribution is 5.78. The van der Waals surface area contributed by atoms with E-state index in [0.717, 1.165) is 22.4 Å².